The molecule has 0 saturated heterocycles. The third-order valence-electron chi connectivity index (χ3n) is 2.05. The Labute approximate surface area is 126 Å². The number of nitrogens with one attached hydrogen (secondary N) is 2. The minimum atomic E-state index is 0. The second kappa shape index (κ2) is 9.99. The van der Waals surface area contributed by atoms with E-state index >= 15 is 0 Å². The average Bonchev–Trinajstić information content (AvgIpc) is 2.78. The first-order valence-corrected chi connectivity index (χ1v) is 5.90. The van der Waals surface area contributed by atoms with Crippen LogP contribution < -0.4 is 10.6 Å². The predicted octanol–water partition coefficient (Wildman–Crippen LogP) is 2.57. The summed E-state index contributed by atoms with van der Waals surface area (Å²) in [6.45, 7) is 9.24. The van der Waals surface area contributed by atoms with Gasteiger partial charge in [-0.05, 0) is 26.0 Å². The summed E-state index contributed by atoms with van der Waals surface area (Å²) >= 11 is 0. The van der Waals surface area contributed by atoms with Crippen molar-refractivity contribution in [1.82, 2.24) is 10.6 Å². The van der Waals surface area contributed by atoms with E-state index < -0.39 is 0 Å². The van der Waals surface area contributed by atoms with E-state index in [4.69, 9.17) is 4.42 Å². The highest BCUT2D eigenvalue weighted by atomic mass is 127. The molecule has 0 amide bonds. The van der Waals surface area contributed by atoms with E-state index in [1.807, 2.05) is 18.2 Å². The normalized spacial score (nSPS) is 10.9. The molecule has 1 aromatic heterocycles. The molecule has 0 atom stereocenters. The second-order valence-electron chi connectivity index (χ2n) is 4.03. The maximum absolute atomic E-state index is 5.25. The second-order valence-corrected chi connectivity index (χ2v) is 4.03. The Kier molecular flexibility index (Phi) is 9.45. The molecule has 18 heavy (non-hydrogen) atoms. The number of nitrogens with zero attached hydrogens (tertiary/aromatic N) is 1. The van der Waals surface area contributed by atoms with Crippen molar-refractivity contribution in [1.29, 1.82) is 0 Å². The Hall–Kier alpha value is -0.980. The SMILES string of the molecule is C=CCNC(=NCCc1ccco1)NC(C)C.I. The monoisotopic (exact) mass is 363 g/mol. The van der Waals surface area contributed by atoms with Gasteiger partial charge in [0.15, 0.2) is 5.96 Å². The van der Waals surface area contributed by atoms with Gasteiger partial charge < -0.3 is 15.1 Å². The fraction of sp³-hybridized carbons (Fsp3) is 0.462. The lowest BCUT2D eigenvalue weighted by molar-refractivity contribution is 0.510. The summed E-state index contributed by atoms with van der Waals surface area (Å²) in [4.78, 5) is 4.46. The van der Waals surface area contributed by atoms with E-state index in [2.05, 4.69) is 36.1 Å². The van der Waals surface area contributed by atoms with Crippen molar-refractivity contribution in [3.8, 4) is 0 Å². The smallest absolute Gasteiger partial charge is 0.191 e. The summed E-state index contributed by atoms with van der Waals surface area (Å²) in [5.74, 6) is 1.77. The Morgan fingerprint density at radius 2 is 2.33 bits per heavy atom. The first-order valence-electron chi connectivity index (χ1n) is 5.90. The topological polar surface area (TPSA) is 49.6 Å². The summed E-state index contributed by atoms with van der Waals surface area (Å²) < 4.78 is 5.25. The van der Waals surface area contributed by atoms with Crippen LogP contribution in [0.5, 0.6) is 0 Å². The number of hydrogen-bond acceptors (Lipinski definition) is 2. The van der Waals surface area contributed by atoms with Crippen LogP contribution in [0.2, 0.25) is 0 Å². The number of rotatable bonds is 6. The van der Waals surface area contributed by atoms with Crippen molar-refractivity contribution in [2.24, 2.45) is 4.99 Å². The van der Waals surface area contributed by atoms with Crippen molar-refractivity contribution in [2.45, 2.75) is 26.3 Å². The minimum absolute atomic E-state index is 0. The van der Waals surface area contributed by atoms with E-state index in [0.717, 1.165) is 18.1 Å². The molecule has 0 fully saturated rings. The van der Waals surface area contributed by atoms with Gasteiger partial charge in [0.1, 0.15) is 5.76 Å². The van der Waals surface area contributed by atoms with Crippen LogP contribution in [-0.2, 0) is 6.42 Å². The molecule has 0 aliphatic heterocycles. The molecule has 1 rings (SSSR count). The van der Waals surface area contributed by atoms with E-state index in [-0.39, 0.29) is 24.0 Å². The third kappa shape index (κ3) is 7.37. The van der Waals surface area contributed by atoms with Gasteiger partial charge in [0.25, 0.3) is 0 Å². The first kappa shape index (κ1) is 17.0. The Morgan fingerprint density at radius 3 is 2.89 bits per heavy atom. The average molecular weight is 363 g/mol. The zero-order valence-electron chi connectivity index (χ0n) is 11.0. The molecule has 0 aliphatic rings. The van der Waals surface area contributed by atoms with Crippen molar-refractivity contribution >= 4 is 29.9 Å². The van der Waals surface area contributed by atoms with Crippen LogP contribution in [0.15, 0.2) is 40.5 Å². The van der Waals surface area contributed by atoms with E-state index in [1.54, 1.807) is 6.26 Å². The van der Waals surface area contributed by atoms with Crippen molar-refractivity contribution in [3.05, 3.63) is 36.8 Å². The summed E-state index contributed by atoms with van der Waals surface area (Å²) in [7, 11) is 0. The minimum Gasteiger partial charge on any atom is -0.469 e. The Bertz CT molecular complexity index is 347. The Balaban J connectivity index is 0.00000289. The maximum atomic E-state index is 5.25. The van der Waals surface area contributed by atoms with E-state index in [1.165, 1.54) is 0 Å². The molecule has 0 spiro atoms. The molecule has 0 radical (unpaired) electrons. The van der Waals surface area contributed by atoms with Gasteiger partial charge in [0, 0.05) is 25.6 Å². The van der Waals surface area contributed by atoms with Crippen LogP contribution >= 0.6 is 24.0 Å². The highest BCUT2D eigenvalue weighted by molar-refractivity contribution is 14.0. The number of hydrogen-bond donors (Lipinski definition) is 2. The van der Waals surface area contributed by atoms with E-state index in [0.29, 0.717) is 19.1 Å². The van der Waals surface area contributed by atoms with Crippen molar-refractivity contribution in [3.63, 3.8) is 0 Å². The van der Waals surface area contributed by atoms with Gasteiger partial charge in [-0.3, -0.25) is 4.99 Å². The fourth-order valence-corrected chi connectivity index (χ4v) is 1.33. The van der Waals surface area contributed by atoms with Gasteiger partial charge in [-0.25, -0.2) is 0 Å². The lowest BCUT2D eigenvalue weighted by Crippen LogP contribution is -2.41. The van der Waals surface area contributed by atoms with Crippen molar-refractivity contribution in [2.75, 3.05) is 13.1 Å². The van der Waals surface area contributed by atoms with Gasteiger partial charge in [-0.1, -0.05) is 6.08 Å². The largest absolute Gasteiger partial charge is 0.469 e. The predicted molar refractivity (Wildman–Crippen MR) is 86.6 cm³/mol. The molecule has 0 aromatic carbocycles. The lowest BCUT2D eigenvalue weighted by Gasteiger charge is -2.13. The van der Waals surface area contributed by atoms with Crippen LogP contribution in [0.4, 0.5) is 0 Å². The zero-order valence-corrected chi connectivity index (χ0v) is 13.3. The van der Waals surface area contributed by atoms with Gasteiger partial charge in [-0.2, -0.15) is 0 Å². The first-order chi connectivity index (χ1) is 8.22. The van der Waals surface area contributed by atoms with Crippen LogP contribution in [0.1, 0.15) is 19.6 Å². The third-order valence-corrected chi connectivity index (χ3v) is 2.05. The molecule has 5 heteroatoms. The molecule has 0 aliphatic carbocycles. The van der Waals surface area contributed by atoms with Gasteiger partial charge >= 0.3 is 0 Å². The number of furan rings is 1. The van der Waals surface area contributed by atoms with Crippen LogP contribution in [0.25, 0.3) is 0 Å². The standard InChI is InChI=1S/C13H21N3O.HI/c1-4-8-14-13(16-11(2)3)15-9-7-12-6-5-10-17-12;/h4-6,10-11H,1,7-9H2,2-3H3,(H2,14,15,16);1H. The molecule has 102 valence electrons. The molecule has 0 saturated carbocycles. The Morgan fingerprint density at radius 1 is 1.56 bits per heavy atom. The quantitative estimate of drug-likeness (QED) is 0.354. The summed E-state index contributed by atoms with van der Waals surface area (Å²) in [6, 6.07) is 4.21. The number of aliphatic imine (C=N–C) groups is 1. The summed E-state index contributed by atoms with van der Waals surface area (Å²) in [5, 5.41) is 6.43. The van der Waals surface area contributed by atoms with Crippen LogP contribution in [0, 0.1) is 0 Å². The number of halogens is 1. The zero-order chi connectivity index (χ0) is 12.5. The van der Waals surface area contributed by atoms with Crippen molar-refractivity contribution < 1.29 is 4.42 Å². The lowest BCUT2D eigenvalue weighted by atomic mass is 10.3. The van der Waals surface area contributed by atoms with Gasteiger partial charge in [0.2, 0.25) is 0 Å². The molecule has 0 unspecified atom stereocenters. The molecular formula is C13H22IN3O. The summed E-state index contributed by atoms with van der Waals surface area (Å²) in [6.07, 6.45) is 4.30. The maximum Gasteiger partial charge on any atom is 0.191 e. The highest BCUT2D eigenvalue weighted by Gasteiger charge is 2.00. The van der Waals surface area contributed by atoms with Gasteiger partial charge in [-0.15, -0.1) is 30.6 Å². The van der Waals surface area contributed by atoms with Crippen LogP contribution in [-0.4, -0.2) is 25.1 Å². The molecular weight excluding hydrogens is 341 g/mol. The molecule has 4 nitrogen and oxygen atoms in total. The van der Waals surface area contributed by atoms with Gasteiger partial charge in [0.05, 0.1) is 6.26 Å². The molecule has 1 heterocycles. The van der Waals surface area contributed by atoms with E-state index in [9.17, 15) is 0 Å². The summed E-state index contributed by atoms with van der Waals surface area (Å²) in [5.41, 5.74) is 0. The molecule has 1 aromatic rings. The molecule has 0 bridgehead atoms. The molecule has 2 N–H and O–H groups in total. The number of guanidine groups is 1. The van der Waals surface area contributed by atoms with Crippen LogP contribution in [0.3, 0.4) is 0 Å². The fourth-order valence-electron chi connectivity index (χ4n) is 1.33. The highest BCUT2D eigenvalue weighted by Crippen LogP contribution is 2.00.